The largest absolute Gasteiger partial charge is 0.221 e. The third kappa shape index (κ3) is 2.21. The van der Waals surface area contributed by atoms with Crippen molar-refractivity contribution >= 4 is 39.1 Å². The summed E-state index contributed by atoms with van der Waals surface area (Å²) in [5.74, 6) is 0.561. The quantitative estimate of drug-likeness (QED) is 0.723. The zero-order valence-electron chi connectivity index (χ0n) is 8.34. The van der Waals surface area contributed by atoms with Gasteiger partial charge in [-0.1, -0.05) is 57.3 Å². The second-order valence-electron chi connectivity index (χ2n) is 3.21. The topological polar surface area (TPSA) is 25.8 Å². The van der Waals surface area contributed by atoms with Crippen molar-refractivity contribution in [2.45, 2.75) is 6.92 Å². The van der Waals surface area contributed by atoms with E-state index in [0.717, 1.165) is 10.0 Å². The van der Waals surface area contributed by atoms with Gasteiger partial charge in [0.15, 0.2) is 0 Å². The van der Waals surface area contributed by atoms with Crippen LogP contribution in [0.25, 0.3) is 11.1 Å². The zero-order valence-corrected chi connectivity index (χ0v) is 11.4. The Morgan fingerprint density at radius 1 is 1.06 bits per heavy atom. The van der Waals surface area contributed by atoms with Crippen molar-refractivity contribution in [3.63, 3.8) is 0 Å². The minimum atomic E-state index is 0.365. The van der Waals surface area contributed by atoms with Gasteiger partial charge < -0.3 is 0 Å². The van der Waals surface area contributed by atoms with Gasteiger partial charge in [-0.05, 0) is 13.0 Å². The molecule has 2 rings (SSSR count). The van der Waals surface area contributed by atoms with Crippen molar-refractivity contribution in [2.24, 2.45) is 0 Å². The molecule has 5 heteroatoms. The van der Waals surface area contributed by atoms with Gasteiger partial charge in [0.1, 0.15) is 16.1 Å². The van der Waals surface area contributed by atoms with E-state index >= 15 is 0 Å². The molecule has 1 aromatic heterocycles. The molecule has 2 aromatic rings. The lowest BCUT2D eigenvalue weighted by Gasteiger charge is -2.08. The Balaban J connectivity index is 2.70. The third-order valence-electron chi connectivity index (χ3n) is 2.08. The van der Waals surface area contributed by atoms with Gasteiger partial charge >= 0.3 is 0 Å². The highest BCUT2D eigenvalue weighted by Crippen LogP contribution is 2.36. The van der Waals surface area contributed by atoms with E-state index in [9.17, 15) is 0 Å². The van der Waals surface area contributed by atoms with Crippen molar-refractivity contribution in [2.75, 3.05) is 0 Å². The van der Waals surface area contributed by atoms with Gasteiger partial charge in [-0.15, -0.1) is 0 Å². The van der Waals surface area contributed by atoms with Gasteiger partial charge in [0.2, 0.25) is 0 Å². The second kappa shape index (κ2) is 4.70. The van der Waals surface area contributed by atoms with E-state index in [1.807, 2.05) is 24.3 Å². The van der Waals surface area contributed by atoms with Crippen LogP contribution in [0.4, 0.5) is 0 Å². The molecule has 0 saturated heterocycles. The first-order valence-corrected chi connectivity index (χ1v) is 6.09. The van der Waals surface area contributed by atoms with Gasteiger partial charge in [-0.2, -0.15) is 0 Å². The molecule has 0 atom stereocenters. The lowest BCUT2D eigenvalue weighted by atomic mass is 10.1. The summed E-state index contributed by atoms with van der Waals surface area (Å²) in [6.07, 6.45) is 0. The molecule has 2 nitrogen and oxygen atoms in total. The van der Waals surface area contributed by atoms with Crippen molar-refractivity contribution in [3.05, 3.63) is 44.9 Å². The Labute approximate surface area is 112 Å². The third-order valence-corrected chi connectivity index (χ3v) is 3.31. The lowest BCUT2D eigenvalue weighted by molar-refractivity contribution is 1.06. The molecule has 0 bridgehead atoms. The number of hydrogen-bond acceptors (Lipinski definition) is 2. The molecule has 0 aliphatic heterocycles. The monoisotopic (exact) mass is 316 g/mol. The van der Waals surface area contributed by atoms with Crippen molar-refractivity contribution in [1.29, 1.82) is 0 Å². The minimum Gasteiger partial charge on any atom is -0.221 e. The minimum absolute atomic E-state index is 0.365. The molecule has 0 unspecified atom stereocenters. The normalized spacial score (nSPS) is 10.5. The summed E-state index contributed by atoms with van der Waals surface area (Å²) >= 11 is 15.6. The van der Waals surface area contributed by atoms with E-state index in [2.05, 4.69) is 25.9 Å². The molecule has 0 N–H and O–H groups in total. The van der Waals surface area contributed by atoms with E-state index in [-0.39, 0.29) is 0 Å². The van der Waals surface area contributed by atoms with E-state index in [0.29, 0.717) is 21.7 Å². The highest BCUT2D eigenvalue weighted by atomic mass is 79.9. The number of hydrogen-bond donors (Lipinski definition) is 0. The van der Waals surface area contributed by atoms with Crippen molar-refractivity contribution in [3.8, 4) is 11.1 Å². The number of nitrogens with zero attached hydrogens (tertiary/aromatic N) is 2. The van der Waals surface area contributed by atoms with E-state index in [1.54, 1.807) is 6.92 Å². The molecule has 82 valence electrons. The molecule has 0 fully saturated rings. The van der Waals surface area contributed by atoms with E-state index < -0.39 is 0 Å². The molecule has 0 radical (unpaired) electrons. The summed E-state index contributed by atoms with van der Waals surface area (Å²) in [5, 5.41) is 0.730. The number of rotatable bonds is 1. The molecule has 0 aliphatic carbocycles. The molecule has 0 amide bonds. The molecule has 0 aliphatic rings. The van der Waals surface area contributed by atoms with Crippen LogP contribution >= 0.6 is 39.1 Å². The van der Waals surface area contributed by atoms with Gasteiger partial charge in [0.25, 0.3) is 0 Å². The smallest absolute Gasteiger partial charge is 0.142 e. The molecule has 1 heterocycles. The fourth-order valence-electron chi connectivity index (χ4n) is 1.39. The fraction of sp³-hybridized carbons (Fsp3) is 0.0909. The van der Waals surface area contributed by atoms with Crippen LogP contribution in [0.5, 0.6) is 0 Å². The first kappa shape index (κ1) is 11.8. The van der Waals surface area contributed by atoms with Crippen LogP contribution in [0.2, 0.25) is 10.3 Å². The summed E-state index contributed by atoms with van der Waals surface area (Å²) in [6.45, 7) is 1.75. The summed E-state index contributed by atoms with van der Waals surface area (Å²) in [6, 6.07) is 7.66. The first-order chi connectivity index (χ1) is 7.59. The second-order valence-corrected chi connectivity index (χ2v) is 4.78. The Bertz CT molecular complexity index is 520. The van der Waals surface area contributed by atoms with Crippen molar-refractivity contribution in [1.82, 2.24) is 9.97 Å². The van der Waals surface area contributed by atoms with Crippen LogP contribution in [-0.4, -0.2) is 9.97 Å². The Kier molecular flexibility index (Phi) is 3.47. The van der Waals surface area contributed by atoms with Crippen LogP contribution in [0.15, 0.2) is 28.7 Å². The summed E-state index contributed by atoms with van der Waals surface area (Å²) < 4.78 is 0.909. The Morgan fingerprint density at radius 3 is 2.19 bits per heavy atom. The summed E-state index contributed by atoms with van der Waals surface area (Å²) in [7, 11) is 0. The van der Waals surface area contributed by atoms with Crippen LogP contribution in [-0.2, 0) is 0 Å². The van der Waals surface area contributed by atoms with Crippen LogP contribution in [0, 0.1) is 6.92 Å². The predicted molar refractivity (Wildman–Crippen MR) is 69.9 cm³/mol. The summed E-state index contributed by atoms with van der Waals surface area (Å²) in [4.78, 5) is 8.20. The maximum Gasteiger partial charge on any atom is 0.142 e. The van der Waals surface area contributed by atoms with Crippen LogP contribution in [0.3, 0.4) is 0 Å². The highest BCUT2D eigenvalue weighted by Gasteiger charge is 2.14. The lowest BCUT2D eigenvalue weighted by Crippen LogP contribution is -1.93. The van der Waals surface area contributed by atoms with E-state index in [1.165, 1.54) is 0 Å². The van der Waals surface area contributed by atoms with Crippen LogP contribution in [0.1, 0.15) is 5.82 Å². The molecular weight excluding hydrogens is 311 g/mol. The molecule has 1 aromatic carbocycles. The average molecular weight is 318 g/mol. The predicted octanol–water partition coefficient (Wildman–Crippen LogP) is 4.52. The van der Waals surface area contributed by atoms with Gasteiger partial charge in [-0.3, -0.25) is 0 Å². The standard InChI is InChI=1S/C11H7BrCl2N2/c1-6-15-10(13)9(11(14)16-6)7-4-2-3-5-8(7)12/h2-5H,1H3. The molecule has 0 spiro atoms. The maximum atomic E-state index is 6.08. The fourth-order valence-corrected chi connectivity index (χ4v) is 2.55. The zero-order chi connectivity index (χ0) is 11.7. The highest BCUT2D eigenvalue weighted by molar-refractivity contribution is 9.10. The number of aryl methyl sites for hydroxylation is 1. The molecule has 16 heavy (non-hydrogen) atoms. The number of halogens is 3. The SMILES string of the molecule is Cc1nc(Cl)c(-c2ccccc2Br)c(Cl)n1. The number of aromatic nitrogens is 2. The van der Waals surface area contributed by atoms with Gasteiger partial charge in [-0.25, -0.2) is 9.97 Å². The summed E-state index contributed by atoms with van der Waals surface area (Å²) in [5.41, 5.74) is 1.54. The molecule has 0 saturated carbocycles. The van der Waals surface area contributed by atoms with Gasteiger partial charge in [0.05, 0.1) is 5.56 Å². The van der Waals surface area contributed by atoms with Gasteiger partial charge in [0, 0.05) is 10.0 Å². The first-order valence-electron chi connectivity index (χ1n) is 4.54. The van der Waals surface area contributed by atoms with E-state index in [4.69, 9.17) is 23.2 Å². The Morgan fingerprint density at radius 2 is 1.62 bits per heavy atom. The Hall–Kier alpha value is -0.640. The molecular formula is C11H7BrCl2N2. The maximum absolute atomic E-state index is 6.08. The van der Waals surface area contributed by atoms with Crippen LogP contribution < -0.4 is 0 Å². The number of benzene rings is 1. The van der Waals surface area contributed by atoms with Crippen molar-refractivity contribution < 1.29 is 0 Å². The average Bonchev–Trinajstić information content (AvgIpc) is 2.19.